The Bertz CT molecular complexity index is 618. The largest absolute Gasteiger partial charge is 0.462 e. The molecule has 0 aliphatic rings. The van der Waals surface area contributed by atoms with Crippen molar-refractivity contribution in [1.29, 1.82) is 0 Å². The number of ether oxygens (including phenoxy) is 1. The predicted octanol–water partition coefficient (Wildman–Crippen LogP) is 1.88. The van der Waals surface area contributed by atoms with Crippen molar-refractivity contribution in [2.75, 3.05) is 12.9 Å². The molecular formula is C10H10N2O3S2. The number of pyridine rings is 1. The van der Waals surface area contributed by atoms with Crippen LogP contribution in [-0.4, -0.2) is 28.8 Å². The Morgan fingerprint density at radius 2 is 2.41 bits per heavy atom. The first kappa shape index (κ1) is 12.1. The number of thiazole rings is 1. The summed E-state index contributed by atoms with van der Waals surface area (Å²) in [6.07, 6.45) is 3.24. The number of fused-ring (bicyclic) bond motifs is 1. The maximum absolute atomic E-state index is 12.0. The summed E-state index contributed by atoms with van der Waals surface area (Å²) in [6, 6.07) is 0. The quantitative estimate of drug-likeness (QED) is 0.681. The van der Waals surface area contributed by atoms with Crippen LogP contribution in [0.2, 0.25) is 0 Å². The maximum atomic E-state index is 12.0. The SMILES string of the molecule is CCOC(=O)c1c[nH]c2nc(SC)sc2c1=O. The number of carbonyl (C=O) groups excluding carboxylic acids is 1. The molecule has 0 unspecified atom stereocenters. The van der Waals surface area contributed by atoms with Crippen molar-refractivity contribution in [3.8, 4) is 0 Å². The summed E-state index contributed by atoms with van der Waals surface area (Å²) < 4.78 is 6.06. The van der Waals surface area contributed by atoms with Crippen molar-refractivity contribution in [2.45, 2.75) is 11.3 Å². The molecule has 0 spiro atoms. The summed E-state index contributed by atoms with van der Waals surface area (Å²) >= 11 is 2.73. The lowest BCUT2D eigenvalue weighted by molar-refractivity contribution is 0.0524. The van der Waals surface area contributed by atoms with E-state index in [-0.39, 0.29) is 17.6 Å². The molecule has 0 aliphatic carbocycles. The van der Waals surface area contributed by atoms with Crippen LogP contribution < -0.4 is 5.43 Å². The van der Waals surface area contributed by atoms with Gasteiger partial charge in [0.2, 0.25) is 5.43 Å². The van der Waals surface area contributed by atoms with Gasteiger partial charge in [-0.25, -0.2) is 9.78 Å². The topological polar surface area (TPSA) is 72.1 Å². The second kappa shape index (κ2) is 4.89. The monoisotopic (exact) mass is 270 g/mol. The molecular weight excluding hydrogens is 260 g/mol. The zero-order valence-electron chi connectivity index (χ0n) is 9.27. The van der Waals surface area contributed by atoms with Gasteiger partial charge in [-0.2, -0.15) is 0 Å². The summed E-state index contributed by atoms with van der Waals surface area (Å²) in [5.74, 6) is -0.602. The van der Waals surface area contributed by atoms with Gasteiger partial charge >= 0.3 is 5.97 Å². The first-order chi connectivity index (χ1) is 8.17. The van der Waals surface area contributed by atoms with Gasteiger partial charge in [-0.1, -0.05) is 11.8 Å². The highest BCUT2D eigenvalue weighted by molar-refractivity contribution is 8.00. The molecule has 2 aromatic heterocycles. The van der Waals surface area contributed by atoms with Gasteiger partial charge in [-0.15, -0.1) is 11.3 Å². The highest BCUT2D eigenvalue weighted by Gasteiger charge is 2.16. The van der Waals surface area contributed by atoms with E-state index in [2.05, 4.69) is 9.97 Å². The number of thioether (sulfide) groups is 1. The molecule has 0 radical (unpaired) electrons. The van der Waals surface area contributed by atoms with E-state index in [9.17, 15) is 9.59 Å². The van der Waals surface area contributed by atoms with Crippen LogP contribution in [0.4, 0.5) is 0 Å². The van der Waals surface area contributed by atoms with E-state index < -0.39 is 5.97 Å². The molecule has 7 heteroatoms. The zero-order valence-corrected chi connectivity index (χ0v) is 10.9. The fourth-order valence-electron chi connectivity index (χ4n) is 1.33. The van der Waals surface area contributed by atoms with E-state index in [4.69, 9.17) is 4.74 Å². The van der Waals surface area contributed by atoms with Crippen molar-refractivity contribution < 1.29 is 9.53 Å². The summed E-state index contributed by atoms with van der Waals surface area (Å²) in [6.45, 7) is 1.94. The third-order valence-corrected chi connectivity index (χ3v) is 4.12. The van der Waals surface area contributed by atoms with Crippen molar-refractivity contribution in [1.82, 2.24) is 9.97 Å². The molecule has 0 atom stereocenters. The van der Waals surface area contributed by atoms with Gasteiger partial charge in [0, 0.05) is 6.20 Å². The summed E-state index contributed by atoms with van der Waals surface area (Å²) in [5, 5.41) is 0. The molecule has 5 nitrogen and oxygen atoms in total. The number of hydrogen-bond donors (Lipinski definition) is 1. The van der Waals surface area contributed by atoms with E-state index in [0.717, 1.165) is 4.34 Å². The fraction of sp³-hybridized carbons (Fsp3) is 0.300. The molecule has 2 aromatic rings. The summed E-state index contributed by atoms with van der Waals surface area (Å²) in [4.78, 5) is 30.6. The second-order valence-electron chi connectivity index (χ2n) is 3.11. The standard InChI is InChI=1S/C10H10N2O3S2/c1-3-15-9(14)5-4-11-8-7(6(5)13)17-10(12-8)16-2/h4H,3H2,1-2H3,(H,11,13). The molecule has 0 bridgehead atoms. The molecule has 2 heterocycles. The van der Waals surface area contributed by atoms with Gasteiger partial charge in [0.25, 0.3) is 0 Å². The minimum atomic E-state index is -0.602. The van der Waals surface area contributed by atoms with Gasteiger partial charge in [-0.3, -0.25) is 4.79 Å². The number of esters is 1. The third-order valence-electron chi connectivity index (χ3n) is 2.08. The average Bonchev–Trinajstić information content (AvgIpc) is 2.73. The Morgan fingerprint density at radius 1 is 1.65 bits per heavy atom. The summed E-state index contributed by atoms with van der Waals surface area (Å²) in [7, 11) is 0. The molecule has 90 valence electrons. The Morgan fingerprint density at radius 3 is 3.06 bits per heavy atom. The molecule has 1 N–H and O–H groups in total. The maximum Gasteiger partial charge on any atom is 0.343 e. The minimum Gasteiger partial charge on any atom is -0.462 e. The number of aromatic amines is 1. The van der Waals surface area contributed by atoms with E-state index >= 15 is 0 Å². The molecule has 0 aromatic carbocycles. The van der Waals surface area contributed by atoms with Crippen LogP contribution in [0.25, 0.3) is 10.3 Å². The molecule has 0 fully saturated rings. The molecule has 0 saturated carbocycles. The number of H-pyrrole nitrogens is 1. The molecule has 0 saturated heterocycles. The first-order valence-corrected chi connectivity index (χ1v) is 6.94. The van der Waals surface area contributed by atoms with E-state index in [1.165, 1.54) is 29.3 Å². The molecule has 2 rings (SSSR count). The van der Waals surface area contributed by atoms with E-state index in [0.29, 0.717) is 10.3 Å². The lowest BCUT2D eigenvalue weighted by atomic mass is 10.3. The first-order valence-electron chi connectivity index (χ1n) is 4.90. The van der Waals surface area contributed by atoms with E-state index in [1.807, 2.05) is 6.26 Å². The van der Waals surface area contributed by atoms with Crippen LogP contribution in [0.5, 0.6) is 0 Å². The van der Waals surface area contributed by atoms with E-state index in [1.54, 1.807) is 6.92 Å². The molecule has 0 amide bonds. The average molecular weight is 270 g/mol. The number of nitrogens with one attached hydrogen (secondary N) is 1. The Balaban J connectivity index is 2.57. The van der Waals surface area contributed by atoms with Gasteiger partial charge in [0.15, 0.2) is 9.99 Å². The highest BCUT2D eigenvalue weighted by Crippen LogP contribution is 2.24. The third kappa shape index (κ3) is 2.20. The van der Waals surface area contributed by atoms with Gasteiger partial charge in [0.1, 0.15) is 10.3 Å². The van der Waals surface area contributed by atoms with Crippen LogP contribution >= 0.6 is 23.1 Å². The van der Waals surface area contributed by atoms with Crippen molar-refractivity contribution in [3.05, 3.63) is 22.0 Å². The Hall–Kier alpha value is -1.34. The number of carbonyl (C=O) groups is 1. The van der Waals surface area contributed by atoms with Crippen LogP contribution in [0.3, 0.4) is 0 Å². The second-order valence-corrected chi connectivity index (χ2v) is 5.17. The normalized spacial score (nSPS) is 10.7. The summed E-state index contributed by atoms with van der Waals surface area (Å²) in [5.41, 5.74) is 0.211. The van der Waals surface area contributed by atoms with Crippen molar-refractivity contribution in [3.63, 3.8) is 0 Å². The van der Waals surface area contributed by atoms with Gasteiger partial charge < -0.3 is 9.72 Å². The number of aromatic nitrogens is 2. The highest BCUT2D eigenvalue weighted by atomic mass is 32.2. The number of rotatable bonds is 3. The Kier molecular flexibility index (Phi) is 3.49. The van der Waals surface area contributed by atoms with Crippen LogP contribution in [0.15, 0.2) is 15.3 Å². The smallest absolute Gasteiger partial charge is 0.343 e. The van der Waals surface area contributed by atoms with Crippen LogP contribution in [0, 0.1) is 0 Å². The minimum absolute atomic E-state index is 0.0238. The number of hydrogen-bond acceptors (Lipinski definition) is 6. The zero-order chi connectivity index (χ0) is 12.4. The van der Waals surface area contributed by atoms with Crippen molar-refractivity contribution in [2.24, 2.45) is 0 Å². The Labute approximate surface area is 105 Å². The van der Waals surface area contributed by atoms with Crippen LogP contribution in [0.1, 0.15) is 17.3 Å². The predicted molar refractivity (Wildman–Crippen MR) is 68.0 cm³/mol. The number of nitrogens with zero attached hydrogens (tertiary/aromatic N) is 1. The molecule has 0 aliphatic heterocycles. The van der Waals surface area contributed by atoms with Gasteiger partial charge in [0.05, 0.1) is 6.61 Å². The van der Waals surface area contributed by atoms with Crippen LogP contribution in [-0.2, 0) is 4.74 Å². The fourth-order valence-corrected chi connectivity index (χ4v) is 2.81. The lowest BCUT2D eigenvalue weighted by Crippen LogP contribution is -2.17. The molecule has 17 heavy (non-hydrogen) atoms. The van der Waals surface area contributed by atoms with Crippen molar-refractivity contribution >= 4 is 39.4 Å². The van der Waals surface area contributed by atoms with Gasteiger partial charge in [-0.05, 0) is 13.2 Å². The lowest BCUT2D eigenvalue weighted by Gasteiger charge is -1.99.